The van der Waals surface area contributed by atoms with Crippen LogP contribution >= 0.6 is 0 Å². The van der Waals surface area contributed by atoms with Gasteiger partial charge in [-0.1, -0.05) is 0 Å². The fraction of sp³-hybridized carbons (Fsp3) is 0.571. The van der Waals surface area contributed by atoms with Gasteiger partial charge in [-0.05, 0) is 6.42 Å². The second kappa shape index (κ2) is 3.88. The number of nitrogens with one attached hydrogen (secondary N) is 2. The predicted octanol–water partition coefficient (Wildman–Crippen LogP) is -2.87. The monoisotopic (exact) mass is 185 g/mol. The smallest absolute Gasteiger partial charge is 0.242 e. The maximum Gasteiger partial charge on any atom is 0.242 e. The molecule has 0 aromatic rings. The Kier molecular flexibility index (Phi) is 2.84. The lowest BCUT2D eigenvalue weighted by Gasteiger charge is -2.10. The summed E-state index contributed by atoms with van der Waals surface area (Å²) in [6.07, 6.45) is 0.723. The van der Waals surface area contributed by atoms with Crippen molar-refractivity contribution in [2.45, 2.75) is 18.9 Å². The van der Waals surface area contributed by atoms with Crippen LogP contribution in [-0.4, -0.2) is 30.4 Å². The van der Waals surface area contributed by atoms with Crippen molar-refractivity contribution in [3.8, 4) is 0 Å². The first-order valence-electron chi connectivity index (χ1n) is 3.86. The zero-order chi connectivity index (χ0) is 9.84. The molecule has 6 heteroatoms. The Morgan fingerprint density at radius 1 is 1.62 bits per heavy atom. The van der Waals surface area contributed by atoms with Crippen LogP contribution in [0.5, 0.6) is 0 Å². The van der Waals surface area contributed by atoms with Crippen LogP contribution in [0, 0.1) is 0 Å². The van der Waals surface area contributed by atoms with Crippen LogP contribution in [-0.2, 0) is 14.4 Å². The minimum absolute atomic E-state index is 0.186. The molecule has 1 fully saturated rings. The number of hydrogen-bond donors (Lipinski definition) is 2. The molecule has 0 saturated carbocycles. The highest BCUT2D eigenvalue weighted by molar-refractivity contribution is 5.91. The van der Waals surface area contributed by atoms with Gasteiger partial charge in [-0.3, -0.25) is 9.59 Å². The van der Waals surface area contributed by atoms with Crippen LogP contribution in [0.2, 0.25) is 0 Å². The fourth-order valence-electron chi connectivity index (χ4n) is 1.09. The highest BCUT2D eigenvalue weighted by Crippen LogP contribution is 2.05. The Morgan fingerprint density at radius 2 is 2.31 bits per heavy atom. The number of hydrogen-bond acceptors (Lipinski definition) is 4. The Labute approximate surface area is 74.3 Å². The number of carboxylic acids is 1. The Bertz CT molecular complexity index is 251. The van der Waals surface area contributed by atoms with Crippen molar-refractivity contribution in [2.75, 3.05) is 6.54 Å². The molecule has 0 aromatic heterocycles. The molecule has 1 rings (SSSR count). The summed E-state index contributed by atoms with van der Waals surface area (Å²) in [5.41, 5.74) is 0. The lowest BCUT2D eigenvalue weighted by molar-refractivity contribution is -0.304. The zero-order valence-corrected chi connectivity index (χ0v) is 6.83. The number of amides is 2. The summed E-state index contributed by atoms with van der Waals surface area (Å²) in [6, 6.07) is -0.591. The molecule has 0 aliphatic carbocycles. The van der Waals surface area contributed by atoms with Gasteiger partial charge in [0.25, 0.3) is 0 Å². The summed E-state index contributed by atoms with van der Waals surface area (Å²) in [4.78, 5) is 31.7. The summed E-state index contributed by atoms with van der Waals surface area (Å²) in [5, 5.41) is 14.5. The fourth-order valence-corrected chi connectivity index (χ4v) is 1.09. The van der Waals surface area contributed by atoms with Gasteiger partial charge in [0.05, 0.1) is 12.5 Å². The van der Waals surface area contributed by atoms with E-state index in [1.54, 1.807) is 0 Å². The predicted molar refractivity (Wildman–Crippen MR) is 39.2 cm³/mol. The lowest BCUT2D eigenvalue weighted by atomic mass is 10.2. The summed E-state index contributed by atoms with van der Waals surface area (Å²) in [7, 11) is 0. The van der Waals surface area contributed by atoms with Gasteiger partial charge in [-0.15, -0.1) is 0 Å². The topological polar surface area (TPSA) is 98.3 Å². The van der Waals surface area contributed by atoms with Crippen molar-refractivity contribution >= 4 is 17.8 Å². The van der Waals surface area contributed by atoms with Crippen molar-refractivity contribution in [3.63, 3.8) is 0 Å². The van der Waals surface area contributed by atoms with Crippen LogP contribution in [0.3, 0.4) is 0 Å². The van der Waals surface area contributed by atoms with Crippen LogP contribution in [0.1, 0.15) is 12.8 Å². The molecule has 6 nitrogen and oxygen atoms in total. The second-order valence-electron chi connectivity index (χ2n) is 2.75. The van der Waals surface area contributed by atoms with Gasteiger partial charge in [0.1, 0.15) is 6.04 Å². The molecule has 0 bridgehead atoms. The minimum Gasteiger partial charge on any atom is -0.548 e. The maximum absolute atomic E-state index is 11.1. The third-order valence-corrected chi connectivity index (χ3v) is 1.72. The van der Waals surface area contributed by atoms with Crippen molar-refractivity contribution in [3.05, 3.63) is 0 Å². The SMILES string of the molecule is O=C([O-])CNC(=O)[C@H]1CCC(=O)N1. The number of carbonyl (C=O) groups is 3. The molecule has 1 atom stereocenters. The number of carboxylic acid groups (broad SMARTS) is 1. The molecule has 2 N–H and O–H groups in total. The van der Waals surface area contributed by atoms with Gasteiger partial charge in [-0.25, -0.2) is 0 Å². The normalized spacial score (nSPS) is 20.9. The van der Waals surface area contributed by atoms with E-state index in [9.17, 15) is 19.5 Å². The molecule has 1 heterocycles. The zero-order valence-electron chi connectivity index (χ0n) is 6.83. The molecule has 0 unspecified atom stereocenters. The summed E-state index contributed by atoms with van der Waals surface area (Å²) < 4.78 is 0. The summed E-state index contributed by atoms with van der Waals surface area (Å²) in [6.45, 7) is -0.523. The average molecular weight is 185 g/mol. The van der Waals surface area contributed by atoms with Gasteiger partial charge in [0, 0.05) is 6.42 Å². The Hall–Kier alpha value is -1.59. The molecule has 72 valence electrons. The molecule has 0 spiro atoms. The molecular formula is C7H9N2O4-. The van der Waals surface area contributed by atoms with Gasteiger partial charge in [-0.2, -0.15) is 0 Å². The van der Waals surface area contributed by atoms with E-state index in [0.717, 1.165) is 0 Å². The third-order valence-electron chi connectivity index (χ3n) is 1.72. The highest BCUT2D eigenvalue weighted by Gasteiger charge is 2.26. The van der Waals surface area contributed by atoms with Gasteiger partial charge < -0.3 is 20.5 Å². The van der Waals surface area contributed by atoms with E-state index in [0.29, 0.717) is 12.8 Å². The van der Waals surface area contributed by atoms with E-state index in [-0.39, 0.29) is 5.91 Å². The van der Waals surface area contributed by atoms with Gasteiger partial charge >= 0.3 is 0 Å². The first-order chi connectivity index (χ1) is 6.09. The maximum atomic E-state index is 11.1. The average Bonchev–Trinajstić information content (AvgIpc) is 2.47. The van der Waals surface area contributed by atoms with E-state index in [4.69, 9.17) is 0 Å². The Morgan fingerprint density at radius 3 is 2.77 bits per heavy atom. The van der Waals surface area contributed by atoms with Crippen LogP contribution in [0.15, 0.2) is 0 Å². The molecular weight excluding hydrogens is 176 g/mol. The molecule has 0 aromatic carbocycles. The molecule has 2 amide bonds. The van der Waals surface area contributed by atoms with Crippen LogP contribution in [0.25, 0.3) is 0 Å². The largest absolute Gasteiger partial charge is 0.548 e. The molecule has 13 heavy (non-hydrogen) atoms. The second-order valence-corrected chi connectivity index (χ2v) is 2.75. The van der Waals surface area contributed by atoms with Crippen molar-refractivity contribution in [1.29, 1.82) is 0 Å². The number of rotatable bonds is 3. The lowest BCUT2D eigenvalue weighted by Crippen LogP contribution is -2.45. The van der Waals surface area contributed by atoms with E-state index in [2.05, 4.69) is 10.6 Å². The van der Waals surface area contributed by atoms with Crippen LogP contribution < -0.4 is 15.7 Å². The van der Waals surface area contributed by atoms with E-state index < -0.39 is 24.5 Å². The minimum atomic E-state index is -1.35. The summed E-state index contributed by atoms with van der Waals surface area (Å²) >= 11 is 0. The number of aliphatic carboxylic acids is 1. The van der Waals surface area contributed by atoms with Gasteiger partial charge in [0.15, 0.2) is 0 Å². The van der Waals surface area contributed by atoms with Gasteiger partial charge in [0.2, 0.25) is 11.8 Å². The van der Waals surface area contributed by atoms with Crippen molar-refractivity contribution in [2.24, 2.45) is 0 Å². The van der Waals surface area contributed by atoms with Crippen molar-refractivity contribution in [1.82, 2.24) is 10.6 Å². The van der Waals surface area contributed by atoms with Crippen LogP contribution in [0.4, 0.5) is 0 Å². The molecule has 1 saturated heterocycles. The molecule has 1 aliphatic rings. The quantitative estimate of drug-likeness (QED) is 0.493. The van der Waals surface area contributed by atoms with Crippen molar-refractivity contribution < 1.29 is 19.5 Å². The van der Waals surface area contributed by atoms with E-state index in [1.165, 1.54) is 0 Å². The van der Waals surface area contributed by atoms with E-state index >= 15 is 0 Å². The first kappa shape index (κ1) is 9.50. The highest BCUT2D eigenvalue weighted by atomic mass is 16.4. The molecule has 0 radical (unpaired) electrons. The summed E-state index contributed by atoms with van der Waals surface area (Å²) in [5.74, 6) is -2.01. The first-order valence-corrected chi connectivity index (χ1v) is 3.86. The standard InChI is InChI=1S/C7H10N2O4/c10-5-2-1-4(9-5)7(13)8-3-6(11)12/h4H,1-3H2,(H,8,13)(H,9,10)(H,11,12)/p-1/t4-/m1/s1. The Balaban J connectivity index is 2.31. The third kappa shape index (κ3) is 2.73. The molecule has 1 aliphatic heterocycles. The van der Waals surface area contributed by atoms with E-state index in [1.807, 2.05) is 0 Å². The number of carbonyl (C=O) groups excluding carboxylic acids is 3.